The minimum absolute atomic E-state index is 0.750. The first-order chi connectivity index (χ1) is 9.84. The normalized spacial score (nSPS) is 11.1. The summed E-state index contributed by atoms with van der Waals surface area (Å²) in [5.41, 5.74) is 2.14. The number of pyridine rings is 1. The molecule has 0 spiro atoms. The van der Waals surface area contributed by atoms with Gasteiger partial charge in [-0.2, -0.15) is 0 Å². The molecular formula is C15H14ClN3S. The molecule has 0 aliphatic carbocycles. The van der Waals surface area contributed by atoms with Crippen molar-refractivity contribution in [2.24, 2.45) is 0 Å². The molecule has 5 heteroatoms. The van der Waals surface area contributed by atoms with Crippen LogP contribution in [0.3, 0.4) is 0 Å². The van der Waals surface area contributed by atoms with Gasteiger partial charge in [-0.25, -0.2) is 4.98 Å². The molecule has 0 amide bonds. The minimum atomic E-state index is 0.750. The third kappa shape index (κ3) is 2.98. The van der Waals surface area contributed by atoms with Crippen LogP contribution in [-0.2, 0) is 13.0 Å². The van der Waals surface area contributed by atoms with Gasteiger partial charge in [0.05, 0.1) is 10.5 Å². The number of hydrogen-bond donors (Lipinski definition) is 1. The van der Waals surface area contributed by atoms with Crippen molar-refractivity contribution in [3.8, 4) is 0 Å². The summed E-state index contributed by atoms with van der Waals surface area (Å²) in [6.45, 7) is 1.69. The van der Waals surface area contributed by atoms with Gasteiger partial charge in [0.1, 0.15) is 0 Å². The second-order valence-corrected chi connectivity index (χ2v) is 5.85. The molecule has 0 atom stereocenters. The molecule has 0 aliphatic heterocycles. The molecule has 0 fully saturated rings. The Kier molecular flexibility index (Phi) is 4.25. The van der Waals surface area contributed by atoms with Gasteiger partial charge in [0.15, 0.2) is 0 Å². The van der Waals surface area contributed by atoms with E-state index in [1.165, 1.54) is 5.56 Å². The number of nitrogens with one attached hydrogen (secondary N) is 1. The van der Waals surface area contributed by atoms with Crippen LogP contribution in [0.5, 0.6) is 0 Å². The van der Waals surface area contributed by atoms with Crippen molar-refractivity contribution in [3.05, 3.63) is 57.6 Å². The van der Waals surface area contributed by atoms with Gasteiger partial charge < -0.3 is 5.32 Å². The maximum Gasteiger partial charge on any atom is 0.0937 e. The van der Waals surface area contributed by atoms with Gasteiger partial charge in [-0.05, 0) is 23.8 Å². The summed E-state index contributed by atoms with van der Waals surface area (Å²) >= 11 is 7.88. The Bertz CT molecular complexity index is 697. The van der Waals surface area contributed by atoms with Gasteiger partial charge in [-0.1, -0.05) is 17.7 Å². The van der Waals surface area contributed by atoms with Gasteiger partial charge in [-0.3, -0.25) is 4.98 Å². The lowest BCUT2D eigenvalue weighted by atomic mass is 10.1. The number of fused-ring (bicyclic) bond motifs is 1. The lowest BCUT2D eigenvalue weighted by molar-refractivity contribution is 0.687. The highest BCUT2D eigenvalue weighted by Gasteiger charge is 2.05. The number of benzene rings is 1. The maximum atomic E-state index is 6.19. The molecule has 20 heavy (non-hydrogen) atoms. The van der Waals surface area contributed by atoms with Crippen LogP contribution < -0.4 is 5.32 Å². The first-order valence-corrected chi connectivity index (χ1v) is 7.71. The summed E-state index contributed by atoms with van der Waals surface area (Å²) in [6.07, 6.45) is 4.60. The molecule has 1 N–H and O–H groups in total. The minimum Gasteiger partial charge on any atom is -0.312 e. The Morgan fingerprint density at radius 1 is 1.15 bits per heavy atom. The SMILES string of the molecule is Clc1ccc(CNCCc2nccs2)c2ncccc12. The Balaban J connectivity index is 1.67. The standard InChI is InChI=1S/C15H14ClN3S/c16-13-4-3-11(15-12(13)2-1-6-19-15)10-17-7-5-14-18-8-9-20-14/h1-4,6,8-9,17H,5,7,10H2. The van der Waals surface area contributed by atoms with Crippen LogP contribution in [0.1, 0.15) is 10.6 Å². The Labute approximate surface area is 126 Å². The van der Waals surface area contributed by atoms with Crippen molar-refractivity contribution in [2.45, 2.75) is 13.0 Å². The molecule has 0 aliphatic rings. The van der Waals surface area contributed by atoms with E-state index in [0.29, 0.717) is 0 Å². The van der Waals surface area contributed by atoms with E-state index in [9.17, 15) is 0 Å². The molecule has 3 rings (SSSR count). The Morgan fingerprint density at radius 2 is 2.10 bits per heavy atom. The topological polar surface area (TPSA) is 37.8 Å². The van der Waals surface area contributed by atoms with E-state index in [1.54, 1.807) is 17.5 Å². The highest BCUT2D eigenvalue weighted by atomic mass is 35.5. The molecule has 1 aromatic carbocycles. The van der Waals surface area contributed by atoms with E-state index in [4.69, 9.17) is 11.6 Å². The number of thiazole rings is 1. The summed E-state index contributed by atoms with van der Waals surface area (Å²) in [5, 5.41) is 8.36. The summed E-state index contributed by atoms with van der Waals surface area (Å²) < 4.78 is 0. The van der Waals surface area contributed by atoms with Crippen molar-refractivity contribution in [3.63, 3.8) is 0 Å². The van der Waals surface area contributed by atoms with E-state index in [1.807, 2.05) is 35.8 Å². The molecule has 3 nitrogen and oxygen atoms in total. The van der Waals surface area contributed by atoms with Crippen LogP contribution in [0.15, 0.2) is 42.0 Å². The van der Waals surface area contributed by atoms with Gasteiger partial charge in [0.2, 0.25) is 0 Å². The fourth-order valence-electron chi connectivity index (χ4n) is 2.13. The lowest BCUT2D eigenvalue weighted by Gasteiger charge is -2.08. The van der Waals surface area contributed by atoms with E-state index in [0.717, 1.165) is 40.4 Å². The van der Waals surface area contributed by atoms with Gasteiger partial charge in [-0.15, -0.1) is 11.3 Å². The molecule has 102 valence electrons. The fourth-order valence-corrected chi connectivity index (χ4v) is 2.97. The Morgan fingerprint density at radius 3 is 2.95 bits per heavy atom. The predicted octanol–water partition coefficient (Wildman–Crippen LogP) is 3.68. The number of rotatable bonds is 5. The van der Waals surface area contributed by atoms with Gasteiger partial charge in [0, 0.05) is 47.7 Å². The second kappa shape index (κ2) is 6.31. The van der Waals surface area contributed by atoms with E-state index >= 15 is 0 Å². The summed E-state index contributed by atoms with van der Waals surface area (Å²) in [7, 11) is 0. The molecule has 0 bridgehead atoms. The van der Waals surface area contributed by atoms with Crippen LogP contribution in [0, 0.1) is 0 Å². The van der Waals surface area contributed by atoms with Crippen LogP contribution in [-0.4, -0.2) is 16.5 Å². The number of halogens is 1. The summed E-state index contributed by atoms with van der Waals surface area (Å²) in [4.78, 5) is 8.71. The van der Waals surface area contributed by atoms with Crippen LogP contribution in [0.2, 0.25) is 5.02 Å². The average molecular weight is 304 g/mol. The molecule has 0 saturated heterocycles. The molecule has 3 aromatic rings. The number of aromatic nitrogens is 2. The zero-order valence-corrected chi connectivity index (χ0v) is 12.4. The number of hydrogen-bond acceptors (Lipinski definition) is 4. The smallest absolute Gasteiger partial charge is 0.0937 e. The predicted molar refractivity (Wildman–Crippen MR) is 84.3 cm³/mol. The van der Waals surface area contributed by atoms with Crippen LogP contribution in [0.25, 0.3) is 10.9 Å². The van der Waals surface area contributed by atoms with Gasteiger partial charge >= 0.3 is 0 Å². The molecule has 2 heterocycles. The highest BCUT2D eigenvalue weighted by molar-refractivity contribution is 7.09. The molecular weight excluding hydrogens is 290 g/mol. The molecule has 2 aromatic heterocycles. The van der Waals surface area contributed by atoms with E-state index in [2.05, 4.69) is 15.3 Å². The number of nitrogens with zero attached hydrogens (tertiary/aromatic N) is 2. The first-order valence-electron chi connectivity index (χ1n) is 6.46. The van der Waals surface area contributed by atoms with Crippen LogP contribution in [0.4, 0.5) is 0 Å². The van der Waals surface area contributed by atoms with Gasteiger partial charge in [0.25, 0.3) is 0 Å². The summed E-state index contributed by atoms with van der Waals surface area (Å²) in [6, 6.07) is 7.88. The van der Waals surface area contributed by atoms with Crippen molar-refractivity contribution in [1.29, 1.82) is 0 Å². The zero-order chi connectivity index (χ0) is 13.8. The maximum absolute atomic E-state index is 6.19. The van der Waals surface area contributed by atoms with Crippen molar-refractivity contribution >= 4 is 33.8 Å². The third-order valence-electron chi connectivity index (χ3n) is 3.11. The fraction of sp³-hybridized carbons (Fsp3) is 0.200. The Hall–Kier alpha value is -1.49. The molecule has 0 saturated carbocycles. The first kappa shape index (κ1) is 13.5. The average Bonchev–Trinajstić information content (AvgIpc) is 2.99. The third-order valence-corrected chi connectivity index (χ3v) is 4.28. The van der Waals surface area contributed by atoms with Crippen molar-refractivity contribution < 1.29 is 0 Å². The lowest BCUT2D eigenvalue weighted by Crippen LogP contribution is -2.17. The van der Waals surface area contributed by atoms with E-state index < -0.39 is 0 Å². The molecule has 0 radical (unpaired) electrons. The second-order valence-electron chi connectivity index (χ2n) is 4.46. The largest absolute Gasteiger partial charge is 0.312 e. The summed E-state index contributed by atoms with van der Waals surface area (Å²) in [5.74, 6) is 0. The van der Waals surface area contributed by atoms with Crippen LogP contribution >= 0.6 is 22.9 Å². The quantitative estimate of drug-likeness (QED) is 0.731. The highest BCUT2D eigenvalue weighted by Crippen LogP contribution is 2.24. The molecule has 0 unspecified atom stereocenters. The van der Waals surface area contributed by atoms with Crippen molar-refractivity contribution in [2.75, 3.05) is 6.54 Å². The van der Waals surface area contributed by atoms with Crippen molar-refractivity contribution in [1.82, 2.24) is 15.3 Å². The monoisotopic (exact) mass is 303 g/mol. The van der Waals surface area contributed by atoms with E-state index in [-0.39, 0.29) is 0 Å². The zero-order valence-electron chi connectivity index (χ0n) is 10.8.